The van der Waals surface area contributed by atoms with Gasteiger partial charge in [0.1, 0.15) is 10.8 Å². The summed E-state index contributed by atoms with van der Waals surface area (Å²) in [5.74, 6) is 0.712. The second-order valence-electron chi connectivity index (χ2n) is 3.19. The van der Waals surface area contributed by atoms with E-state index in [-0.39, 0.29) is 0 Å². The lowest BCUT2D eigenvalue weighted by Crippen LogP contribution is -1.84. The number of aryl methyl sites for hydroxylation is 1. The van der Waals surface area contributed by atoms with Crippen LogP contribution < -0.4 is 4.74 Å². The summed E-state index contributed by atoms with van der Waals surface area (Å²) in [6.45, 7) is 2.11. The molecule has 1 aromatic heterocycles. The lowest BCUT2D eigenvalue weighted by atomic mass is 10.2. The molecule has 14 heavy (non-hydrogen) atoms. The molecule has 0 radical (unpaired) electrons. The van der Waals surface area contributed by atoms with E-state index in [1.807, 2.05) is 12.1 Å². The average Bonchev–Trinajstić information content (AvgIpc) is 2.62. The van der Waals surface area contributed by atoms with Gasteiger partial charge >= 0.3 is 0 Å². The van der Waals surface area contributed by atoms with Gasteiger partial charge < -0.3 is 9.72 Å². The fraction of sp³-hybridized carbons (Fsp3) is 0.273. The number of aromatic nitrogens is 1. The van der Waals surface area contributed by atoms with Crippen LogP contribution in [0.25, 0.3) is 10.9 Å². The fourth-order valence-corrected chi connectivity index (χ4v) is 1.85. The number of methoxy groups -OCH3 is 1. The van der Waals surface area contributed by atoms with Crippen molar-refractivity contribution in [3.63, 3.8) is 0 Å². The summed E-state index contributed by atoms with van der Waals surface area (Å²) in [6, 6.07) is 6.01. The number of H-pyrrole nitrogens is 1. The quantitative estimate of drug-likeness (QED) is 0.806. The van der Waals surface area contributed by atoms with Crippen LogP contribution in [0, 0.1) is 0 Å². The number of hydrogen-bond donors (Lipinski definition) is 1. The predicted molar refractivity (Wildman–Crippen MR) is 59.2 cm³/mol. The van der Waals surface area contributed by atoms with Gasteiger partial charge in [0, 0.05) is 11.1 Å². The Morgan fingerprint density at radius 3 is 2.86 bits per heavy atom. The van der Waals surface area contributed by atoms with E-state index in [0.717, 1.165) is 17.3 Å². The Bertz CT molecular complexity index is 462. The van der Waals surface area contributed by atoms with Crippen LogP contribution in [0.4, 0.5) is 0 Å². The molecule has 1 N–H and O–H groups in total. The van der Waals surface area contributed by atoms with Crippen LogP contribution >= 0.6 is 11.6 Å². The summed E-state index contributed by atoms with van der Waals surface area (Å²) in [4.78, 5) is 3.28. The van der Waals surface area contributed by atoms with Gasteiger partial charge in [-0.15, -0.1) is 0 Å². The van der Waals surface area contributed by atoms with Crippen LogP contribution in [0.1, 0.15) is 12.6 Å². The topological polar surface area (TPSA) is 25.0 Å². The van der Waals surface area contributed by atoms with Crippen molar-refractivity contribution in [2.45, 2.75) is 13.3 Å². The van der Waals surface area contributed by atoms with Crippen molar-refractivity contribution in [1.82, 2.24) is 4.98 Å². The molecule has 2 nitrogen and oxygen atoms in total. The number of aromatic amines is 1. The molecule has 2 aromatic rings. The third kappa shape index (κ3) is 1.36. The van der Waals surface area contributed by atoms with E-state index in [0.29, 0.717) is 10.8 Å². The monoisotopic (exact) mass is 209 g/mol. The van der Waals surface area contributed by atoms with Gasteiger partial charge in [-0.25, -0.2) is 0 Å². The van der Waals surface area contributed by atoms with Gasteiger partial charge in [0.05, 0.1) is 12.6 Å². The van der Waals surface area contributed by atoms with Crippen LogP contribution in [0.15, 0.2) is 18.2 Å². The minimum Gasteiger partial charge on any atom is -0.495 e. The largest absolute Gasteiger partial charge is 0.495 e. The molecule has 1 heterocycles. The molecule has 0 bridgehead atoms. The standard InChI is InChI=1S/C11H12ClNO/c1-3-8-6-7-4-5-9(14-2)10(12)11(7)13-8/h4-6,13H,3H2,1-2H3. The van der Waals surface area contributed by atoms with Crippen LogP contribution in [0.2, 0.25) is 5.02 Å². The van der Waals surface area contributed by atoms with Crippen molar-refractivity contribution >= 4 is 22.5 Å². The molecule has 74 valence electrons. The van der Waals surface area contributed by atoms with Gasteiger partial charge in [0.15, 0.2) is 0 Å². The Morgan fingerprint density at radius 1 is 1.43 bits per heavy atom. The summed E-state index contributed by atoms with van der Waals surface area (Å²) in [5.41, 5.74) is 2.15. The molecular weight excluding hydrogens is 198 g/mol. The number of fused-ring (bicyclic) bond motifs is 1. The number of rotatable bonds is 2. The van der Waals surface area contributed by atoms with Crippen LogP contribution in [0.5, 0.6) is 5.75 Å². The SMILES string of the molecule is CCc1cc2ccc(OC)c(Cl)c2[nH]1. The Kier molecular flexibility index (Phi) is 2.38. The highest BCUT2D eigenvalue weighted by molar-refractivity contribution is 6.36. The Morgan fingerprint density at radius 2 is 2.21 bits per heavy atom. The van der Waals surface area contributed by atoms with Crippen molar-refractivity contribution in [2.24, 2.45) is 0 Å². The highest BCUT2D eigenvalue weighted by Crippen LogP contribution is 2.32. The zero-order valence-corrected chi connectivity index (χ0v) is 8.98. The average molecular weight is 210 g/mol. The number of halogens is 1. The molecule has 0 saturated carbocycles. The molecule has 0 aliphatic heterocycles. The highest BCUT2D eigenvalue weighted by Gasteiger charge is 2.07. The summed E-state index contributed by atoms with van der Waals surface area (Å²) < 4.78 is 5.14. The predicted octanol–water partition coefficient (Wildman–Crippen LogP) is 3.39. The first-order valence-corrected chi connectivity index (χ1v) is 4.98. The van der Waals surface area contributed by atoms with E-state index >= 15 is 0 Å². The summed E-state index contributed by atoms with van der Waals surface area (Å²) >= 11 is 6.16. The number of benzene rings is 1. The van der Waals surface area contributed by atoms with E-state index in [4.69, 9.17) is 16.3 Å². The number of nitrogens with one attached hydrogen (secondary N) is 1. The summed E-state index contributed by atoms with van der Waals surface area (Å²) in [5, 5.41) is 1.79. The van der Waals surface area contributed by atoms with Crippen LogP contribution in [0.3, 0.4) is 0 Å². The van der Waals surface area contributed by atoms with E-state index < -0.39 is 0 Å². The normalized spacial score (nSPS) is 10.8. The molecule has 0 atom stereocenters. The van der Waals surface area contributed by atoms with Gasteiger partial charge in [-0.1, -0.05) is 18.5 Å². The lowest BCUT2D eigenvalue weighted by molar-refractivity contribution is 0.415. The van der Waals surface area contributed by atoms with Crippen molar-refractivity contribution < 1.29 is 4.74 Å². The van der Waals surface area contributed by atoms with Crippen molar-refractivity contribution in [1.29, 1.82) is 0 Å². The molecule has 2 rings (SSSR count). The van der Waals surface area contributed by atoms with Crippen molar-refractivity contribution in [3.05, 3.63) is 28.9 Å². The second kappa shape index (κ2) is 3.54. The smallest absolute Gasteiger partial charge is 0.139 e. The molecule has 1 aromatic carbocycles. The van der Waals surface area contributed by atoms with Gasteiger partial charge in [0.25, 0.3) is 0 Å². The maximum atomic E-state index is 6.16. The number of hydrogen-bond acceptors (Lipinski definition) is 1. The van der Waals surface area contributed by atoms with Gasteiger partial charge in [-0.3, -0.25) is 0 Å². The van der Waals surface area contributed by atoms with E-state index in [2.05, 4.69) is 18.0 Å². The van der Waals surface area contributed by atoms with E-state index in [1.54, 1.807) is 7.11 Å². The van der Waals surface area contributed by atoms with Crippen LogP contribution in [-0.4, -0.2) is 12.1 Å². The molecule has 0 saturated heterocycles. The van der Waals surface area contributed by atoms with E-state index in [1.165, 1.54) is 5.69 Å². The first-order valence-electron chi connectivity index (χ1n) is 4.60. The molecule has 3 heteroatoms. The van der Waals surface area contributed by atoms with Crippen molar-refractivity contribution in [3.8, 4) is 5.75 Å². The minimum absolute atomic E-state index is 0.657. The van der Waals surface area contributed by atoms with Crippen molar-refractivity contribution in [2.75, 3.05) is 7.11 Å². The zero-order chi connectivity index (χ0) is 10.1. The van der Waals surface area contributed by atoms with Gasteiger partial charge in [-0.05, 0) is 24.6 Å². The summed E-state index contributed by atoms with van der Waals surface area (Å²) in [7, 11) is 1.62. The lowest BCUT2D eigenvalue weighted by Gasteiger charge is -2.02. The molecule has 0 fully saturated rings. The molecular formula is C11H12ClNO. The van der Waals surface area contributed by atoms with Crippen LogP contribution in [-0.2, 0) is 6.42 Å². The van der Waals surface area contributed by atoms with E-state index in [9.17, 15) is 0 Å². The Labute approximate surface area is 87.8 Å². The molecule has 0 aliphatic rings. The second-order valence-corrected chi connectivity index (χ2v) is 3.57. The highest BCUT2D eigenvalue weighted by atomic mass is 35.5. The maximum Gasteiger partial charge on any atom is 0.139 e. The Hall–Kier alpha value is -1.15. The molecule has 0 unspecified atom stereocenters. The molecule has 0 aliphatic carbocycles. The summed E-state index contributed by atoms with van der Waals surface area (Å²) in [6.07, 6.45) is 0.979. The zero-order valence-electron chi connectivity index (χ0n) is 8.23. The molecule has 0 spiro atoms. The molecule has 0 amide bonds. The fourth-order valence-electron chi connectivity index (χ4n) is 1.55. The first-order chi connectivity index (χ1) is 6.76. The van der Waals surface area contributed by atoms with Gasteiger partial charge in [0.2, 0.25) is 0 Å². The first kappa shape index (κ1) is 9.41. The Balaban J connectivity index is 2.68. The number of ether oxygens (including phenoxy) is 1. The maximum absolute atomic E-state index is 6.16. The third-order valence-electron chi connectivity index (χ3n) is 2.35. The van der Waals surface area contributed by atoms with Gasteiger partial charge in [-0.2, -0.15) is 0 Å². The minimum atomic E-state index is 0.657. The third-order valence-corrected chi connectivity index (χ3v) is 2.73.